The SMILES string of the molecule is CCC(=O)C(C(=O)CC12CC3CC(CC(C3)C1)C2)S(=O)(=O)O. The Morgan fingerprint density at radius 3 is 1.86 bits per heavy atom. The molecule has 4 rings (SSSR count). The zero-order valence-electron chi connectivity index (χ0n) is 13.0. The number of carbonyl (C=O) groups is 2. The molecule has 124 valence electrons. The minimum Gasteiger partial charge on any atom is -0.298 e. The van der Waals surface area contributed by atoms with Gasteiger partial charge in [0.2, 0.25) is 5.25 Å². The summed E-state index contributed by atoms with van der Waals surface area (Å²) < 4.78 is 32.2. The minimum absolute atomic E-state index is 0.0585. The Hall–Kier alpha value is -0.750. The molecular weight excluding hydrogens is 304 g/mol. The van der Waals surface area contributed by atoms with Crippen LogP contribution in [0.25, 0.3) is 0 Å². The van der Waals surface area contributed by atoms with Gasteiger partial charge in [0.25, 0.3) is 10.1 Å². The molecule has 0 amide bonds. The van der Waals surface area contributed by atoms with Crippen molar-refractivity contribution >= 4 is 21.7 Å². The first kappa shape index (κ1) is 16.1. The summed E-state index contributed by atoms with van der Waals surface area (Å²) in [5.41, 5.74) is -0.122. The van der Waals surface area contributed by atoms with Crippen LogP contribution in [-0.4, -0.2) is 29.8 Å². The fourth-order valence-electron chi connectivity index (χ4n) is 5.67. The van der Waals surface area contributed by atoms with E-state index in [-0.39, 0.29) is 18.3 Å². The molecule has 6 heteroatoms. The molecule has 4 fully saturated rings. The van der Waals surface area contributed by atoms with E-state index in [1.54, 1.807) is 0 Å². The van der Waals surface area contributed by atoms with Crippen molar-refractivity contribution in [3.8, 4) is 0 Å². The summed E-state index contributed by atoms with van der Waals surface area (Å²) in [4.78, 5) is 24.3. The highest BCUT2D eigenvalue weighted by Crippen LogP contribution is 2.61. The second-order valence-corrected chi connectivity index (χ2v) is 9.28. The van der Waals surface area contributed by atoms with Crippen LogP contribution in [0.2, 0.25) is 0 Å². The molecule has 0 aromatic carbocycles. The van der Waals surface area contributed by atoms with Crippen molar-refractivity contribution in [1.82, 2.24) is 0 Å². The lowest BCUT2D eigenvalue weighted by Crippen LogP contribution is -2.49. The van der Waals surface area contributed by atoms with Gasteiger partial charge >= 0.3 is 0 Å². The number of Topliss-reactive ketones (excluding diaryl/α,β-unsaturated/α-hetero) is 2. The van der Waals surface area contributed by atoms with Gasteiger partial charge in [-0.2, -0.15) is 8.42 Å². The largest absolute Gasteiger partial charge is 0.298 e. The van der Waals surface area contributed by atoms with E-state index in [9.17, 15) is 22.6 Å². The summed E-state index contributed by atoms with van der Waals surface area (Å²) in [5, 5.41) is -1.87. The zero-order chi connectivity index (χ0) is 16.1. The smallest absolute Gasteiger partial charge is 0.282 e. The van der Waals surface area contributed by atoms with Crippen molar-refractivity contribution in [1.29, 1.82) is 0 Å². The van der Waals surface area contributed by atoms with Crippen molar-refractivity contribution in [3.05, 3.63) is 0 Å². The van der Waals surface area contributed by atoms with Crippen LogP contribution in [0.1, 0.15) is 58.3 Å². The molecule has 4 saturated carbocycles. The van der Waals surface area contributed by atoms with Gasteiger partial charge in [0.1, 0.15) is 0 Å². The van der Waals surface area contributed by atoms with Crippen molar-refractivity contribution in [2.75, 3.05) is 0 Å². The van der Waals surface area contributed by atoms with Gasteiger partial charge in [0.15, 0.2) is 11.6 Å². The van der Waals surface area contributed by atoms with E-state index in [0.717, 1.165) is 19.3 Å². The molecule has 0 radical (unpaired) electrons. The maximum absolute atomic E-state index is 12.5. The molecule has 1 atom stereocenters. The summed E-state index contributed by atoms with van der Waals surface area (Å²) in [7, 11) is -4.66. The van der Waals surface area contributed by atoms with Crippen molar-refractivity contribution in [2.45, 2.75) is 63.5 Å². The third-order valence-corrected chi connectivity index (χ3v) is 7.07. The van der Waals surface area contributed by atoms with Gasteiger partial charge in [-0.1, -0.05) is 6.92 Å². The summed E-state index contributed by atoms with van der Waals surface area (Å²) >= 11 is 0. The first-order chi connectivity index (χ1) is 10.2. The summed E-state index contributed by atoms with van der Waals surface area (Å²) in [6.07, 6.45) is 6.72. The Kier molecular flexibility index (Phi) is 3.96. The van der Waals surface area contributed by atoms with Crippen LogP contribution in [0.5, 0.6) is 0 Å². The zero-order valence-corrected chi connectivity index (χ0v) is 13.8. The van der Waals surface area contributed by atoms with Gasteiger partial charge < -0.3 is 0 Å². The standard InChI is InChI=1S/C16H24O5S/c1-2-13(17)15(22(19,20)21)14(18)9-16-6-10-3-11(7-16)5-12(4-10)8-16/h10-12,15H,2-9H2,1H3,(H,19,20,21). The molecule has 0 aliphatic heterocycles. The summed E-state index contributed by atoms with van der Waals surface area (Å²) in [5.74, 6) is 0.675. The van der Waals surface area contributed by atoms with E-state index in [1.807, 2.05) is 0 Å². The third kappa shape index (κ3) is 2.87. The van der Waals surface area contributed by atoms with Gasteiger partial charge in [-0.05, 0) is 61.7 Å². The quantitative estimate of drug-likeness (QED) is 0.597. The highest BCUT2D eigenvalue weighted by molar-refractivity contribution is 7.88. The monoisotopic (exact) mass is 328 g/mol. The first-order valence-corrected chi connectivity index (χ1v) is 9.74. The molecule has 4 aliphatic carbocycles. The lowest BCUT2D eigenvalue weighted by atomic mass is 9.48. The highest BCUT2D eigenvalue weighted by Gasteiger charge is 2.52. The normalized spacial score (nSPS) is 38.0. The lowest BCUT2D eigenvalue weighted by Gasteiger charge is -2.56. The van der Waals surface area contributed by atoms with Crippen LogP contribution in [0.3, 0.4) is 0 Å². The topological polar surface area (TPSA) is 88.5 Å². The van der Waals surface area contributed by atoms with E-state index >= 15 is 0 Å². The Morgan fingerprint density at radius 1 is 1.05 bits per heavy atom. The summed E-state index contributed by atoms with van der Waals surface area (Å²) in [6.45, 7) is 1.51. The Morgan fingerprint density at radius 2 is 1.50 bits per heavy atom. The van der Waals surface area contributed by atoms with E-state index < -0.39 is 26.9 Å². The van der Waals surface area contributed by atoms with Gasteiger partial charge in [-0.25, -0.2) is 0 Å². The molecule has 1 unspecified atom stereocenters. The maximum Gasteiger partial charge on any atom is 0.282 e. The second kappa shape index (κ2) is 5.41. The van der Waals surface area contributed by atoms with E-state index in [0.29, 0.717) is 17.8 Å². The highest BCUT2D eigenvalue weighted by atomic mass is 32.2. The Balaban J connectivity index is 1.80. The van der Waals surface area contributed by atoms with E-state index in [1.165, 1.54) is 26.2 Å². The van der Waals surface area contributed by atoms with Crippen molar-refractivity contribution < 1.29 is 22.6 Å². The van der Waals surface area contributed by atoms with Crippen LogP contribution in [0.4, 0.5) is 0 Å². The molecule has 0 aromatic rings. The average molecular weight is 328 g/mol. The van der Waals surface area contributed by atoms with Crippen LogP contribution in [0.15, 0.2) is 0 Å². The number of ketones is 2. The first-order valence-electron chi connectivity index (χ1n) is 8.24. The van der Waals surface area contributed by atoms with Crippen LogP contribution < -0.4 is 0 Å². The summed E-state index contributed by atoms with van der Waals surface area (Å²) in [6, 6.07) is 0. The van der Waals surface area contributed by atoms with Crippen molar-refractivity contribution in [3.63, 3.8) is 0 Å². The number of hydrogen-bond donors (Lipinski definition) is 1. The van der Waals surface area contributed by atoms with Gasteiger partial charge in [-0.15, -0.1) is 0 Å². The van der Waals surface area contributed by atoms with Gasteiger partial charge in [0.05, 0.1) is 0 Å². The second-order valence-electron chi connectivity index (χ2n) is 7.78. The molecule has 4 bridgehead atoms. The van der Waals surface area contributed by atoms with Crippen LogP contribution >= 0.6 is 0 Å². The predicted molar refractivity (Wildman–Crippen MR) is 80.9 cm³/mol. The maximum atomic E-state index is 12.5. The number of rotatable bonds is 6. The molecule has 0 aromatic heterocycles. The minimum atomic E-state index is -4.66. The average Bonchev–Trinajstić information content (AvgIpc) is 2.34. The van der Waals surface area contributed by atoms with Crippen LogP contribution in [-0.2, 0) is 19.7 Å². The van der Waals surface area contributed by atoms with Crippen molar-refractivity contribution in [2.24, 2.45) is 23.2 Å². The van der Waals surface area contributed by atoms with Gasteiger partial charge in [0, 0.05) is 12.8 Å². The molecule has 0 heterocycles. The molecule has 22 heavy (non-hydrogen) atoms. The van der Waals surface area contributed by atoms with E-state index in [4.69, 9.17) is 0 Å². The van der Waals surface area contributed by atoms with Gasteiger partial charge in [-0.3, -0.25) is 14.1 Å². The lowest BCUT2D eigenvalue weighted by molar-refractivity contribution is -0.131. The Labute approximate surface area is 131 Å². The molecular formula is C16H24O5S. The molecule has 4 aliphatic rings. The Bertz CT molecular complexity index is 556. The molecule has 0 spiro atoms. The number of carbonyl (C=O) groups excluding carboxylic acids is 2. The fourth-order valence-corrected chi connectivity index (χ4v) is 6.58. The molecule has 5 nitrogen and oxygen atoms in total. The van der Waals surface area contributed by atoms with E-state index in [2.05, 4.69) is 0 Å². The molecule has 0 saturated heterocycles. The fraction of sp³-hybridized carbons (Fsp3) is 0.875. The van der Waals surface area contributed by atoms with Crippen LogP contribution in [0, 0.1) is 23.2 Å². The molecule has 1 N–H and O–H groups in total. The third-order valence-electron chi connectivity index (χ3n) is 5.95. The predicted octanol–water partition coefficient (Wildman–Crippen LogP) is 2.40. The number of hydrogen-bond acceptors (Lipinski definition) is 4.